The van der Waals surface area contributed by atoms with E-state index >= 15 is 0 Å². The number of benzene rings is 1. The Kier molecular flexibility index (Phi) is 4.52. The fourth-order valence-corrected chi connectivity index (χ4v) is 2.61. The lowest BCUT2D eigenvalue weighted by atomic mass is 10.1. The molecule has 2 N–H and O–H groups in total. The van der Waals surface area contributed by atoms with Gasteiger partial charge in [-0.2, -0.15) is 5.10 Å². The minimum absolute atomic E-state index is 0.211. The van der Waals surface area contributed by atoms with Gasteiger partial charge in [0.1, 0.15) is 11.4 Å². The summed E-state index contributed by atoms with van der Waals surface area (Å²) in [5.41, 5.74) is 7.38. The van der Waals surface area contributed by atoms with Crippen molar-refractivity contribution in [2.75, 3.05) is 5.73 Å². The van der Waals surface area contributed by atoms with Crippen LogP contribution in [0.1, 0.15) is 25.5 Å². The first-order valence-corrected chi connectivity index (χ1v) is 7.51. The van der Waals surface area contributed by atoms with E-state index in [1.807, 2.05) is 13.8 Å². The van der Waals surface area contributed by atoms with E-state index < -0.39 is 0 Å². The summed E-state index contributed by atoms with van der Waals surface area (Å²) in [6.45, 7) is 4.04. The molecular formula is C13H14BrCl2N3O. The molecule has 0 radical (unpaired) electrons. The van der Waals surface area contributed by atoms with Gasteiger partial charge in [0.2, 0.25) is 5.88 Å². The van der Waals surface area contributed by atoms with Crippen molar-refractivity contribution in [2.45, 2.75) is 19.8 Å². The van der Waals surface area contributed by atoms with Gasteiger partial charge in [-0.25, -0.2) is 4.68 Å². The van der Waals surface area contributed by atoms with Crippen molar-refractivity contribution >= 4 is 44.8 Å². The third-order valence-corrected chi connectivity index (χ3v) is 4.28. The Morgan fingerprint density at radius 2 is 1.95 bits per heavy atom. The molecule has 0 spiro atoms. The minimum Gasteiger partial charge on any atom is -0.436 e. The molecule has 4 nitrogen and oxygen atoms in total. The van der Waals surface area contributed by atoms with E-state index in [1.54, 1.807) is 23.9 Å². The minimum atomic E-state index is 0.211. The first-order valence-electron chi connectivity index (χ1n) is 5.96. The van der Waals surface area contributed by atoms with Crippen LogP contribution in [0, 0.1) is 0 Å². The van der Waals surface area contributed by atoms with Gasteiger partial charge in [0.15, 0.2) is 0 Å². The monoisotopic (exact) mass is 377 g/mol. The highest BCUT2D eigenvalue weighted by Crippen LogP contribution is 2.39. The molecule has 0 saturated carbocycles. The van der Waals surface area contributed by atoms with Crippen molar-refractivity contribution < 1.29 is 4.74 Å². The lowest BCUT2D eigenvalue weighted by Gasteiger charge is -2.10. The van der Waals surface area contributed by atoms with Crippen molar-refractivity contribution in [3.63, 3.8) is 0 Å². The van der Waals surface area contributed by atoms with E-state index in [1.165, 1.54) is 0 Å². The Balaban J connectivity index is 2.43. The third kappa shape index (κ3) is 2.90. The Labute approximate surface area is 135 Å². The molecule has 0 fully saturated rings. The quantitative estimate of drug-likeness (QED) is 0.765. The summed E-state index contributed by atoms with van der Waals surface area (Å²) in [6.07, 6.45) is 0. The maximum Gasteiger partial charge on any atom is 0.241 e. The molecule has 7 heteroatoms. The molecule has 0 amide bonds. The van der Waals surface area contributed by atoms with E-state index in [9.17, 15) is 0 Å². The highest BCUT2D eigenvalue weighted by molar-refractivity contribution is 9.10. The first-order chi connectivity index (χ1) is 9.31. The van der Waals surface area contributed by atoms with E-state index in [0.717, 1.165) is 5.69 Å². The molecule has 0 atom stereocenters. The van der Waals surface area contributed by atoms with Crippen molar-refractivity contribution in [1.82, 2.24) is 9.78 Å². The highest BCUT2D eigenvalue weighted by Gasteiger charge is 2.19. The second kappa shape index (κ2) is 5.84. The van der Waals surface area contributed by atoms with Gasteiger partial charge in [-0.15, -0.1) is 0 Å². The Bertz CT molecular complexity index is 656. The molecule has 1 aromatic heterocycles. The summed E-state index contributed by atoms with van der Waals surface area (Å²) in [5, 5.41) is 5.30. The molecule has 0 aliphatic heterocycles. The molecule has 20 heavy (non-hydrogen) atoms. The molecule has 0 aliphatic carbocycles. The molecule has 0 saturated heterocycles. The number of anilines is 1. The zero-order chi connectivity index (χ0) is 15.0. The summed E-state index contributed by atoms with van der Waals surface area (Å²) in [5.74, 6) is 1.10. The van der Waals surface area contributed by atoms with Gasteiger partial charge >= 0.3 is 0 Å². The summed E-state index contributed by atoms with van der Waals surface area (Å²) in [4.78, 5) is 0. The van der Waals surface area contributed by atoms with Crippen LogP contribution in [-0.2, 0) is 7.05 Å². The first kappa shape index (κ1) is 15.5. The number of aryl methyl sites for hydroxylation is 1. The van der Waals surface area contributed by atoms with Gasteiger partial charge in [0.25, 0.3) is 0 Å². The fourth-order valence-electron chi connectivity index (χ4n) is 1.78. The Hall–Kier alpha value is -0.910. The average Bonchev–Trinajstić information content (AvgIpc) is 2.63. The molecule has 1 aromatic carbocycles. The van der Waals surface area contributed by atoms with Crippen LogP contribution in [-0.4, -0.2) is 9.78 Å². The normalized spacial score (nSPS) is 11.2. The van der Waals surface area contributed by atoms with Gasteiger partial charge in [-0.05, 0) is 27.9 Å². The largest absolute Gasteiger partial charge is 0.436 e. The van der Waals surface area contributed by atoms with Crippen molar-refractivity contribution in [3.8, 4) is 11.6 Å². The van der Waals surface area contributed by atoms with Crippen LogP contribution >= 0.6 is 39.1 Å². The second-order valence-corrected chi connectivity index (χ2v) is 6.35. The van der Waals surface area contributed by atoms with Crippen molar-refractivity contribution in [1.29, 1.82) is 0 Å². The molecule has 2 aromatic rings. The number of hydrogen-bond donors (Lipinski definition) is 1. The lowest BCUT2D eigenvalue weighted by Crippen LogP contribution is -1.97. The number of aromatic nitrogens is 2. The summed E-state index contributed by atoms with van der Waals surface area (Å²) < 4.78 is 8.08. The van der Waals surface area contributed by atoms with E-state index in [2.05, 4.69) is 21.0 Å². The van der Waals surface area contributed by atoms with Crippen LogP contribution in [0.4, 0.5) is 5.69 Å². The number of rotatable bonds is 3. The number of hydrogen-bond acceptors (Lipinski definition) is 3. The van der Waals surface area contributed by atoms with Gasteiger partial charge in [0.05, 0.1) is 15.7 Å². The van der Waals surface area contributed by atoms with E-state index in [0.29, 0.717) is 31.8 Å². The molecule has 0 aliphatic rings. The van der Waals surface area contributed by atoms with Crippen LogP contribution < -0.4 is 10.5 Å². The zero-order valence-corrected chi connectivity index (χ0v) is 14.3. The Morgan fingerprint density at radius 3 is 2.50 bits per heavy atom. The van der Waals surface area contributed by atoms with E-state index in [-0.39, 0.29) is 5.92 Å². The maximum absolute atomic E-state index is 6.14. The predicted octanol–water partition coefficient (Wildman–Crippen LogP) is 4.99. The van der Waals surface area contributed by atoms with Gasteiger partial charge in [-0.1, -0.05) is 37.0 Å². The number of nitrogens with two attached hydrogens (primary N) is 1. The van der Waals surface area contributed by atoms with Crippen LogP contribution in [0.25, 0.3) is 0 Å². The lowest BCUT2D eigenvalue weighted by molar-refractivity contribution is 0.432. The molecule has 2 rings (SSSR count). The van der Waals surface area contributed by atoms with Gasteiger partial charge in [0, 0.05) is 17.6 Å². The van der Waals surface area contributed by atoms with Crippen LogP contribution in [0.2, 0.25) is 10.0 Å². The van der Waals surface area contributed by atoms with Gasteiger partial charge < -0.3 is 10.5 Å². The summed E-state index contributed by atoms with van der Waals surface area (Å²) >= 11 is 15.5. The van der Waals surface area contributed by atoms with Crippen LogP contribution in [0.15, 0.2) is 16.6 Å². The standard InChI is InChI=1S/C13H14BrCl2N3O/c1-6(2)12-11(17)13(19(3)18-12)20-10-5-8(15)7(14)4-9(10)16/h4-6H,17H2,1-3H3. The van der Waals surface area contributed by atoms with Crippen LogP contribution in [0.3, 0.4) is 0 Å². The van der Waals surface area contributed by atoms with Gasteiger partial charge in [-0.3, -0.25) is 0 Å². The predicted molar refractivity (Wildman–Crippen MR) is 85.9 cm³/mol. The molecular weight excluding hydrogens is 365 g/mol. The molecule has 1 heterocycles. The molecule has 0 bridgehead atoms. The van der Waals surface area contributed by atoms with Crippen LogP contribution in [0.5, 0.6) is 11.6 Å². The average molecular weight is 379 g/mol. The highest BCUT2D eigenvalue weighted by atomic mass is 79.9. The zero-order valence-electron chi connectivity index (χ0n) is 11.2. The number of halogens is 3. The smallest absolute Gasteiger partial charge is 0.241 e. The SMILES string of the molecule is CC(C)c1nn(C)c(Oc2cc(Cl)c(Br)cc2Cl)c1N. The molecule has 0 unspecified atom stereocenters. The molecule has 108 valence electrons. The third-order valence-electron chi connectivity index (χ3n) is 2.79. The number of ether oxygens (including phenoxy) is 1. The topological polar surface area (TPSA) is 53.1 Å². The second-order valence-electron chi connectivity index (χ2n) is 4.68. The number of nitrogen functional groups attached to an aromatic ring is 1. The summed E-state index contributed by atoms with van der Waals surface area (Å²) in [6, 6.07) is 3.31. The number of nitrogens with zero attached hydrogens (tertiary/aromatic N) is 2. The fraction of sp³-hybridized carbons (Fsp3) is 0.308. The Morgan fingerprint density at radius 1 is 1.30 bits per heavy atom. The van der Waals surface area contributed by atoms with E-state index in [4.69, 9.17) is 33.7 Å². The summed E-state index contributed by atoms with van der Waals surface area (Å²) in [7, 11) is 1.77. The van der Waals surface area contributed by atoms with Crippen molar-refractivity contribution in [3.05, 3.63) is 32.3 Å². The maximum atomic E-state index is 6.14. The van der Waals surface area contributed by atoms with Crippen molar-refractivity contribution in [2.24, 2.45) is 7.05 Å².